The van der Waals surface area contributed by atoms with Crippen molar-refractivity contribution in [2.75, 3.05) is 18.1 Å². The van der Waals surface area contributed by atoms with Crippen LogP contribution in [0.25, 0.3) is 11.0 Å². The molecule has 2 atom stereocenters. The van der Waals surface area contributed by atoms with E-state index in [4.69, 9.17) is 9.15 Å². The van der Waals surface area contributed by atoms with Gasteiger partial charge in [-0.05, 0) is 31.9 Å². The number of benzene rings is 1. The molecule has 0 unspecified atom stereocenters. The summed E-state index contributed by atoms with van der Waals surface area (Å²) in [6.07, 6.45) is 0.991. The molecule has 2 aromatic rings. The van der Waals surface area contributed by atoms with Crippen molar-refractivity contribution >= 4 is 32.7 Å². The lowest BCUT2D eigenvalue weighted by Gasteiger charge is -2.33. The van der Waals surface area contributed by atoms with Crippen molar-refractivity contribution in [3.8, 4) is 0 Å². The number of fused-ring (bicyclic) bond motifs is 1. The second-order valence-corrected chi connectivity index (χ2v) is 9.41. The molecular formula is C20H23NO7S. The Morgan fingerprint density at radius 2 is 2.03 bits per heavy atom. The number of amides is 1. The maximum Gasteiger partial charge on any atom is 0.351 e. The molecule has 0 aliphatic carbocycles. The van der Waals surface area contributed by atoms with E-state index >= 15 is 0 Å². The first kappa shape index (κ1) is 21.0. The zero-order valence-corrected chi connectivity index (χ0v) is 17.1. The van der Waals surface area contributed by atoms with E-state index in [0.29, 0.717) is 23.8 Å². The minimum absolute atomic E-state index is 0.0375. The molecule has 1 amide bonds. The Kier molecular flexibility index (Phi) is 6.07. The molecule has 3 rings (SSSR count). The van der Waals surface area contributed by atoms with Gasteiger partial charge in [0.25, 0.3) is 5.91 Å². The topological polar surface area (TPSA) is 111 Å². The summed E-state index contributed by atoms with van der Waals surface area (Å²) in [4.78, 5) is 38.6. The highest BCUT2D eigenvalue weighted by atomic mass is 32.2. The molecule has 1 saturated heterocycles. The normalized spacial score (nSPS) is 19.0. The van der Waals surface area contributed by atoms with Crippen molar-refractivity contribution in [2.45, 2.75) is 38.8 Å². The molecule has 1 fully saturated rings. The van der Waals surface area contributed by atoms with Crippen molar-refractivity contribution < 1.29 is 27.2 Å². The molecule has 0 radical (unpaired) electrons. The second kappa shape index (κ2) is 8.36. The summed E-state index contributed by atoms with van der Waals surface area (Å²) in [6.45, 7) is 3.13. The van der Waals surface area contributed by atoms with Gasteiger partial charge in [0.1, 0.15) is 11.1 Å². The predicted octanol–water partition coefficient (Wildman–Crippen LogP) is 1.76. The monoisotopic (exact) mass is 421 g/mol. The van der Waals surface area contributed by atoms with Gasteiger partial charge in [0, 0.05) is 17.5 Å². The Balaban J connectivity index is 1.73. The molecule has 0 saturated carbocycles. The number of ether oxygens (including phenoxy) is 1. The maximum absolute atomic E-state index is 12.7. The van der Waals surface area contributed by atoms with Crippen molar-refractivity contribution in [3.63, 3.8) is 0 Å². The van der Waals surface area contributed by atoms with E-state index in [9.17, 15) is 22.8 Å². The van der Waals surface area contributed by atoms with Gasteiger partial charge in [-0.3, -0.25) is 4.79 Å². The van der Waals surface area contributed by atoms with Crippen molar-refractivity contribution in [1.29, 1.82) is 0 Å². The van der Waals surface area contributed by atoms with Gasteiger partial charge in [0.15, 0.2) is 16.4 Å². The van der Waals surface area contributed by atoms with Crippen LogP contribution in [-0.2, 0) is 19.4 Å². The summed E-state index contributed by atoms with van der Waals surface area (Å²) in [5.41, 5.74) is -0.799. The van der Waals surface area contributed by atoms with Gasteiger partial charge in [-0.15, -0.1) is 0 Å². The first-order valence-electron chi connectivity index (χ1n) is 9.43. The van der Waals surface area contributed by atoms with Gasteiger partial charge in [-0.1, -0.05) is 25.1 Å². The smallest absolute Gasteiger partial charge is 0.351 e. The molecule has 0 N–H and O–H groups in total. The maximum atomic E-state index is 12.7. The van der Waals surface area contributed by atoms with E-state index in [1.807, 2.05) is 13.8 Å². The van der Waals surface area contributed by atoms with Gasteiger partial charge in [0.2, 0.25) is 0 Å². The number of hydrogen-bond donors (Lipinski definition) is 0. The van der Waals surface area contributed by atoms with Gasteiger partial charge in [-0.25, -0.2) is 18.0 Å². The number of carbonyl (C=O) groups excluding carboxylic acids is 2. The lowest BCUT2D eigenvalue weighted by Crippen LogP contribution is -2.48. The number of para-hydroxylation sites is 1. The summed E-state index contributed by atoms with van der Waals surface area (Å²) < 4.78 is 33.8. The largest absolute Gasteiger partial charge is 0.452 e. The third kappa shape index (κ3) is 4.67. The minimum atomic E-state index is -3.17. The lowest BCUT2D eigenvalue weighted by atomic mass is 10.1. The summed E-state index contributed by atoms with van der Waals surface area (Å²) in [7, 11) is -3.17. The molecule has 8 nitrogen and oxygen atoms in total. The summed E-state index contributed by atoms with van der Waals surface area (Å²) in [5, 5.41) is 0.558. The van der Waals surface area contributed by atoms with E-state index in [-0.39, 0.29) is 23.1 Å². The van der Waals surface area contributed by atoms with Gasteiger partial charge in [-0.2, -0.15) is 0 Å². The summed E-state index contributed by atoms with van der Waals surface area (Å²) >= 11 is 0. The summed E-state index contributed by atoms with van der Waals surface area (Å²) in [5.74, 6) is -1.50. The Labute approximate surface area is 168 Å². The first-order chi connectivity index (χ1) is 13.7. The molecule has 0 spiro atoms. The van der Waals surface area contributed by atoms with Crippen LogP contribution in [0.2, 0.25) is 0 Å². The Morgan fingerprint density at radius 3 is 2.69 bits per heavy atom. The van der Waals surface area contributed by atoms with Crippen molar-refractivity contribution in [2.24, 2.45) is 0 Å². The highest BCUT2D eigenvalue weighted by Crippen LogP contribution is 2.21. The van der Waals surface area contributed by atoms with Crippen LogP contribution in [-0.4, -0.2) is 55.4 Å². The molecule has 1 aliphatic heterocycles. The van der Waals surface area contributed by atoms with Crippen LogP contribution in [0.1, 0.15) is 37.0 Å². The average molecular weight is 421 g/mol. The quantitative estimate of drug-likeness (QED) is 0.516. The second-order valence-electron chi connectivity index (χ2n) is 7.18. The molecule has 156 valence electrons. The van der Waals surface area contributed by atoms with E-state index in [1.165, 1.54) is 11.0 Å². The van der Waals surface area contributed by atoms with Gasteiger partial charge in [0.05, 0.1) is 11.5 Å². The van der Waals surface area contributed by atoms with Crippen LogP contribution in [0.5, 0.6) is 0 Å². The number of rotatable bonds is 6. The molecule has 1 aromatic carbocycles. The van der Waals surface area contributed by atoms with Crippen LogP contribution >= 0.6 is 0 Å². The van der Waals surface area contributed by atoms with Crippen LogP contribution in [0.15, 0.2) is 39.5 Å². The lowest BCUT2D eigenvalue weighted by molar-refractivity contribution is -0.138. The molecular weight excluding hydrogens is 398 g/mol. The van der Waals surface area contributed by atoms with Crippen molar-refractivity contribution in [3.05, 3.63) is 46.3 Å². The Hall–Kier alpha value is -2.68. The average Bonchev–Trinajstić information content (AvgIpc) is 3.04. The first-order valence-corrected chi connectivity index (χ1v) is 11.3. The Bertz CT molecular complexity index is 1090. The van der Waals surface area contributed by atoms with Gasteiger partial charge < -0.3 is 14.1 Å². The van der Waals surface area contributed by atoms with E-state index in [1.54, 1.807) is 24.3 Å². The number of sulfone groups is 1. The fraction of sp³-hybridized carbons (Fsp3) is 0.450. The fourth-order valence-electron chi connectivity index (χ4n) is 3.48. The van der Waals surface area contributed by atoms with E-state index < -0.39 is 40.0 Å². The Morgan fingerprint density at radius 1 is 1.31 bits per heavy atom. The van der Waals surface area contributed by atoms with Crippen LogP contribution in [0.4, 0.5) is 0 Å². The molecule has 1 aliphatic rings. The third-order valence-corrected chi connectivity index (χ3v) is 6.89. The predicted molar refractivity (Wildman–Crippen MR) is 106 cm³/mol. The molecule has 0 bridgehead atoms. The van der Waals surface area contributed by atoms with E-state index in [0.717, 1.165) is 0 Å². The number of nitrogens with zero attached hydrogens (tertiary/aromatic N) is 1. The van der Waals surface area contributed by atoms with Gasteiger partial charge >= 0.3 is 11.6 Å². The van der Waals surface area contributed by atoms with Crippen molar-refractivity contribution in [1.82, 2.24) is 4.90 Å². The number of hydrogen-bond acceptors (Lipinski definition) is 7. The third-order valence-electron chi connectivity index (χ3n) is 5.14. The highest BCUT2D eigenvalue weighted by molar-refractivity contribution is 7.91. The van der Waals surface area contributed by atoms with Crippen LogP contribution in [0.3, 0.4) is 0 Å². The minimum Gasteiger partial charge on any atom is -0.452 e. The number of carbonyl (C=O) groups is 2. The zero-order valence-electron chi connectivity index (χ0n) is 16.3. The molecule has 9 heteroatoms. The molecule has 29 heavy (non-hydrogen) atoms. The molecule has 2 heterocycles. The SMILES string of the molecule is CC[C@@H](C)N(C(=O)COC(=O)c1cc2ccccc2oc1=O)[C@@H]1CCS(=O)(=O)C1. The van der Waals surface area contributed by atoms with Crippen LogP contribution < -0.4 is 5.63 Å². The zero-order chi connectivity index (χ0) is 21.2. The summed E-state index contributed by atoms with van der Waals surface area (Å²) in [6, 6.07) is 7.46. The standard InChI is InChI=1S/C20H23NO7S/c1-3-13(2)21(15-8-9-29(25,26)12-15)18(22)11-27-19(23)16-10-14-6-4-5-7-17(14)28-20(16)24/h4-7,10,13,15H,3,8-9,11-12H2,1-2H3/t13-,15-/m1/s1. The highest BCUT2D eigenvalue weighted by Gasteiger charge is 2.36. The number of esters is 1. The van der Waals surface area contributed by atoms with Crippen LogP contribution in [0, 0.1) is 0 Å². The molecule has 1 aromatic heterocycles. The fourth-order valence-corrected chi connectivity index (χ4v) is 5.20. The van der Waals surface area contributed by atoms with E-state index in [2.05, 4.69) is 0 Å².